The summed E-state index contributed by atoms with van der Waals surface area (Å²) < 4.78 is 5.10. The summed E-state index contributed by atoms with van der Waals surface area (Å²) >= 11 is 4.72. The zero-order valence-electron chi connectivity index (χ0n) is 6.65. The van der Waals surface area contributed by atoms with Crippen LogP contribution in [0.5, 0.6) is 0 Å². The topological polar surface area (TPSA) is 64.1 Å². The van der Waals surface area contributed by atoms with Gasteiger partial charge in [-0.05, 0) is 24.4 Å². The molecule has 5 heteroatoms. The van der Waals surface area contributed by atoms with Crippen LogP contribution in [0.15, 0.2) is 29.0 Å². The van der Waals surface area contributed by atoms with Gasteiger partial charge in [0.05, 0.1) is 5.69 Å². The number of nitrogens with zero attached hydrogens (tertiary/aromatic N) is 1. The minimum absolute atomic E-state index is 0.218. The maximum Gasteiger partial charge on any atom is 0.182 e. The highest BCUT2D eigenvalue weighted by molar-refractivity contribution is 7.80. The fourth-order valence-corrected chi connectivity index (χ4v) is 1.23. The lowest BCUT2D eigenvalue weighted by atomic mass is 10.3. The SMILES string of the molecule is NC(=S)Nc1cccc2ocnc12. The van der Waals surface area contributed by atoms with Gasteiger partial charge < -0.3 is 15.5 Å². The first-order chi connectivity index (χ1) is 6.27. The molecule has 0 fully saturated rings. The average Bonchev–Trinajstić information content (AvgIpc) is 2.51. The third-order valence-corrected chi connectivity index (χ3v) is 1.72. The summed E-state index contributed by atoms with van der Waals surface area (Å²) in [6.45, 7) is 0. The van der Waals surface area contributed by atoms with E-state index in [0.29, 0.717) is 5.58 Å². The minimum atomic E-state index is 0.218. The molecule has 1 aromatic heterocycles. The van der Waals surface area contributed by atoms with Crippen LogP contribution in [0.2, 0.25) is 0 Å². The molecule has 0 aliphatic carbocycles. The van der Waals surface area contributed by atoms with Crippen molar-refractivity contribution in [2.45, 2.75) is 0 Å². The molecular formula is C8H7N3OS. The molecular weight excluding hydrogens is 186 g/mol. The lowest BCUT2D eigenvalue weighted by Gasteiger charge is -2.02. The zero-order valence-corrected chi connectivity index (χ0v) is 7.47. The van der Waals surface area contributed by atoms with E-state index in [0.717, 1.165) is 11.2 Å². The molecule has 3 N–H and O–H groups in total. The molecule has 0 saturated carbocycles. The Labute approximate surface area is 79.7 Å². The summed E-state index contributed by atoms with van der Waals surface area (Å²) in [5.41, 5.74) is 7.55. The molecule has 66 valence electrons. The van der Waals surface area contributed by atoms with Crippen molar-refractivity contribution in [2.24, 2.45) is 5.73 Å². The second kappa shape index (κ2) is 3.02. The summed E-state index contributed by atoms with van der Waals surface area (Å²) in [6, 6.07) is 5.51. The number of hydrogen-bond acceptors (Lipinski definition) is 3. The molecule has 2 rings (SSSR count). The molecule has 0 amide bonds. The molecule has 0 aliphatic rings. The predicted octanol–water partition coefficient (Wildman–Crippen LogP) is 1.48. The van der Waals surface area contributed by atoms with Gasteiger partial charge in [0, 0.05) is 0 Å². The van der Waals surface area contributed by atoms with Gasteiger partial charge in [0.15, 0.2) is 17.1 Å². The van der Waals surface area contributed by atoms with E-state index in [9.17, 15) is 0 Å². The third kappa shape index (κ3) is 1.46. The molecule has 1 aromatic carbocycles. The number of nitrogens with one attached hydrogen (secondary N) is 1. The summed E-state index contributed by atoms with van der Waals surface area (Å²) in [5, 5.41) is 3.04. The van der Waals surface area contributed by atoms with E-state index >= 15 is 0 Å². The van der Waals surface area contributed by atoms with E-state index in [-0.39, 0.29) is 5.11 Å². The summed E-state index contributed by atoms with van der Waals surface area (Å²) in [5.74, 6) is 0. The quantitative estimate of drug-likeness (QED) is 0.672. The number of thiocarbonyl (C=S) groups is 1. The van der Waals surface area contributed by atoms with Gasteiger partial charge in [-0.25, -0.2) is 4.98 Å². The zero-order chi connectivity index (χ0) is 9.26. The second-order valence-corrected chi connectivity index (χ2v) is 2.93. The minimum Gasteiger partial charge on any atom is -0.443 e. The summed E-state index contributed by atoms with van der Waals surface area (Å²) in [7, 11) is 0. The lowest BCUT2D eigenvalue weighted by molar-refractivity contribution is 0.602. The van der Waals surface area contributed by atoms with E-state index in [2.05, 4.69) is 10.3 Å². The van der Waals surface area contributed by atoms with Gasteiger partial charge >= 0.3 is 0 Å². The highest BCUT2D eigenvalue weighted by Crippen LogP contribution is 2.20. The van der Waals surface area contributed by atoms with Crippen LogP contribution in [-0.4, -0.2) is 10.1 Å². The number of nitrogens with two attached hydrogens (primary N) is 1. The van der Waals surface area contributed by atoms with E-state index in [1.165, 1.54) is 6.39 Å². The van der Waals surface area contributed by atoms with Crippen LogP contribution in [-0.2, 0) is 0 Å². The number of oxazole rings is 1. The Morgan fingerprint density at radius 3 is 3.15 bits per heavy atom. The van der Waals surface area contributed by atoms with Crippen molar-refractivity contribution in [1.82, 2.24) is 4.98 Å². The Balaban J connectivity index is 2.54. The van der Waals surface area contributed by atoms with Crippen LogP contribution in [0.3, 0.4) is 0 Å². The highest BCUT2D eigenvalue weighted by Gasteiger charge is 2.03. The van der Waals surface area contributed by atoms with Gasteiger partial charge in [0.1, 0.15) is 5.52 Å². The number of hydrogen-bond donors (Lipinski definition) is 2. The van der Waals surface area contributed by atoms with Crippen LogP contribution in [0.4, 0.5) is 5.69 Å². The molecule has 0 bridgehead atoms. The number of anilines is 1. The molecule has 0 atom stereocenters. The molecule has 4 nitrogen and oxygen atoms in total. The van der Waals surface area contributed by atoms with Crippen molar-refractivity contribution >= 4 is 34.1 Å². The van der Waals surface area contributed by atoms with Crippen LogP contribution >= 0.6 is 12.2 Å². The molecule has 13 heavy (non-hydrogen) atoms. The van der Waals surface area contributed by atoms with Gasteiger partial charge in [-0.3, -0.25) is 0 Å². The Hall–Kier alpha value is -1.62. The van der Waals surface area contributed by atoms with Gasteiger partial charge in [-0.1, -0.05) is 6.07 Å². The highest BCUT2D eigenvalue weighted by atomic mass is 32.1. The van der Waals surface area contributed by atoms with Crippen molar-refractivity contribution in [1.29, 1.82) is 0 Å². The molecule has 2 aromatic rings. The Kier molecular flexibility index (Phi) is 1.86. The first-order valence-electron chi connectivity index (χ1n) is 3.66. The fourth-order valence-electron chi connectivity index (χ4n) is 1.12. The van der Waals surface area contributed by atoms with Crippen molar-refractivity contribution in [3.63, 3.8) is 0 Å². The van der Waals surface area contributed by atoms with Crippen LogP contribution in [0.25, 0.3) is 11.1 Å². The normalized spacial score (nSPS) is 10.2. The molecule has 0 aliphatic heterocycles. The molecule has 0 saturated heterocycles. The lowest BCUT2D eigenvalue weighted by Crippen LogP contribution is -2.18. The average molecular weight is 193 g/mol. The van der Waals surface area contributed by atoms with Crippen molar-refractivity contribution in [3.05, 3.63) is 24.6 Å². The predicted molar refractivity (Wildman–Crippen MR) is 54.4 cm³/mol. The van der Waals surface area contributed by atoms with Crippen LogP contribution in [0.1, 0.15) is 0 Å². The van der Waals surface area contributed by atoms with Crippen molar-refractivity contribution in [3.8, 4) is 0 Å². The number of aromatic nitrogens is 1. The van der Waals surface area contributed by atoms with Crippen molar-refractivity contribution < 1.29 is 4.42 Å². The summed E-state index contributed by atoms with van der Waals surface area (Å²) in [6.07, 6.45) is 1.38. The fraction of sp³-hybridized carbons (Fsp3) is 0. The number of benzene rings is 1. The Morgan fingerprint density at radius 1 is 1.54 bits per heavy atom. The van der Waals surface area contributed by atoms with Crippen LogP contribution in [0, 0.1) is 0 Å². The number of para-hydroxylation sites is 1. The molecule has 0 radical (unpaired) electrons. The Bertz CT molecular complexity index is 451. The molecule has 1 heterocycles. The third-order valence-electron chi connectivity index (χ3n) is 1.62. The first kappa shape index (κ1) is 8.00. The maximum atomic E-state index is 5.35. The van der Waals surface area contributed by atoms with Gasteiger partial charge in [-0.2, -0.15) is 0 Å². The monoisotopic (exact) mass is 193 g/mol. The summed E-state index contributed by atoms with van der Waals surface area (Å²) in [4.78, 5) is 4.03. The smallest absolute Gasteiger partial charge is 0.182 e. The van der Waals surface area contributed by atoms with E-state index < -0.39 is 0 Å². The van der Waals surface area contributed by atoms with E-state index in [1.807, 2.05) is 18.2 Å². The van der Waals surface area contributed by atoms with Crippen molar-refractivity contribution in [2.75, 3.05) is 5.32 Å². The first-order valence-corrected chi connectivity index (χ1v) is 4.07. The van der Waals surface area contributed by atoms with E-state index in [4.69, 9.17) is 22.4 Å². The standard InChI is InChI=1S/C8H7N3OS/c9-8(13)11-5-2-1-3-6-7(5)10-4-12-6/h1-4H,(H3,9,11,13). The molecule has 0 unspecified atom stereocenters. The molecule has 0 spiro atoms. The Morgan fingerprint density at radius 2 is 2.38 bits per heavy atom. The van der Waals surface area contributed by atoms with Gasteiger partial charge in [0.2, 0.25) is 0 Å². The van der Waals surface area contributed by atoms with E-state index in [1.54, 1.807) is 0 Å². The van der Waals surface area contributed by atoms with Gasteiger partial charge in [0.25, 0.3) is 0 Å². The maximum absolute atomic E-state index is 5.35. The number of fused-ring (bicyclic) bond motifs is 1. The number of rotatable bonds is 1. The van der Waals surface area contributed by atoms with Crippen LogP contribution < -0.4 is 11.1 Å². The largest absolute Gasteiger partial charge is 0.443 e. The second-order valence-electron chi connectivity index (χ2n) is 2.49. The van der Waals surface area contributed by atoms with Gasteiger partial charge in [-0.15, -0.1) is 0 Å².